The highest BCUT2D eigenvalue weighted by molar-refractivity contribution is 7.87. The van der Waals surface area contributed by atoms with E-state index in [-0.39, 0.29) is 16.6 Å². The molecule has 0 saturated heterocycles. The van der Waals surface area contributed by atoms with Crippen molar-refractivity contribution >= 4 is 21.7 Å². The molecule has 0 aliphatic heterocycles. The lowest BCUT2D eigenvalue weighted by Gasteiger charge is -2.17. The maximum atomic E-state index is 12.9. The predicted octanol–water partition coefficient (Wildman–Crippen LogP) is 5.64. The topological polar surface area (TPSA) is 52.6 Å². The molecule has 0 radical (unpaired) electrons. The van der Waals surface area contributed by atoms with Gasteiger partial charge in [-0.2, -0.15) is 8.42 Å². The molecule has 0 spiro atoms. The van der Waals surface area contributed by atoms with Crippen LogP contribution >= 0.6 is 11.6 Å². The first-order chi connectivity index (χ1) is 12.2. The number of aryl methyl sites for hydroxylation is 2. The standard InChI is InChI=1S/C20H25ClO4S/c1-6-9-24-19-11-14(4)17(13(2)3)12-20(19)26(22,23)25-16-7-8-18(21)15(5)10-16/h7-8,10-13H,6,9H2,1-5H3. The fourth-order valence-electron chi connectivity index (χ4n) is 2.66. The van der Waals surface area contributed by atoms with Crippen molar-refractivity contribution in [3.63, 3.8) is 0 Å². The van der Waals surface area contributed by atoms with Gasteiger partial charge >= 0.3 is 10.1 Å². The van der Waals surface area contributed by atoms with E-state index in [1.807, 2.05) is 27.7 Å². The molecule has 142 valence electrons. The molecule has 2 aromatic rings. The van der Waals surface area contributed by atoms with E-state index in [0.29, 0.717) is 17.4 Å². The fraction of sp³-hybridized carbons (Fsp3) is 0.400. The van der Waals surface area contributed by atoms with Crippen molar-refractivity contribution in [1.29, 1.82) is 0 Å². The van der Waals surface area contributed by atoms with E-state index in [1.54, 1.807) is 31.2 Å². The second-order valence-corrected chi connectivity index (χ2v) is 8.53. The maximum Gasteiger partial charge on any atom is 0.342 e. The average Bonchev–Trinajstić information content (AvgIpc) is 2.55. The first-order valence-corrected chi connectivity index (χ1v) is 10.4. The van der Waals surface area contributed by atoms with Crippen LogP contribution in [0.2, 0.25) is 5.02 Å². The first kappa shape index (κ1) is 20.6. The van der Waals surface area contributed by atoms with Gasteiger partial charge in [-0.3, -0.25) is 0 Å². The van der Waals surface area contributed by atoms with Crippen LogP contribution in [0.1, 0.15) is 49.8 Å². The van der Waals surface area contributed by atoms with E-state index in [0.717, 1.165) is 23.1 Å². The van der Waals surface area contributed by atoms with Gasteiger partial charge in [0.1, 0.15) is 16.4 Å². The van der Waals surface area contributed by atoms with Gasteiger partial charge in [-0.05, 0) is 73.2 Å². The van der Waals surface area contributed by atoms with Crippen LogP contribution in [0.5, 0.6) is 11.5 Å². The van der Waals surface area contributed by atoms with Crippen LogP contribution < -0.4 is 8.92 Å². The third kappa shape index (κ3) is 4.71. The summed E-state index contributed by atoms with van der Waals surface area (Å²) in [5, 5.41) is 0.555. The van der Waals surface area contributed by atoms with Gasteiger partial charge in [0.2, 0.25) is 0 Å². The summed E-state index contributed by atoms with van der Waals surface area (Å²) in [6.45, 7) is 10.2. The van der Waals surface area contributed by atoms with E-state index < -0.39 is 10.1 Å². The summed E-state index contributed by atoms with van der Waals surface area (Å²) in [6, 6.07) is 8.18. The smallest absolute Gasteiger partial charge is 0.342 e. The van der Waals surface area contributed by atoms with Gasteiger partial charge in [-0.15, -0.1) is 0 Å². The molecule has 0 heterocycles. The molecule has 0 amide bonds. The van der Waals surface area contributed by atoms with Gasteiger partial charge < -0.3 is 8.92 Å². The van der Waals surface area contributed by atoms with Crippen molar-refractivity contribution in [2.75, 3.05) is 6.61 Å². The zero-order chi connectivity index (χ0) is 19.5. The second-order valence-electron chi connectivity index (χ2n) is 6.61. The molecule has 0 fully saturated rings. The average molecular weight is 397 g/mol. The van der Waals surface area contributed by atoms with Crippen molar-refractivity contribution in [2.45, 2.75) is 51.9 Å². The molecule has 0 unspecified atom stereocenters. The summed E-state index contributed by atoms with van der Waals surface area (Å²) in [5.74, 6) is 0.724. The van der Waals surface area contributed by atoms with Gasteiger partial charge in [-0.25, -0.2) is 0 Å². The highest BCUT2D eigenvalue weighted by Crippen LogP contribution is 2.33. The predicted molar refractivity (Wildman–Crippen MR) is 105 cm³/mol. The van der Waals surface area contributed by atoms with E-state index in [9.17, 15) is 8.42 Å². The zero-order valence-electron chi connectivity index (χ0n) is 15.8. The molecule has 2 aromatic carbocycles. The Morgan fingerprint density at radius 1 is 1.08 bits per heavy atom. The minimum absolute atomic E-state index is 0.0489. The Kier molecular flexibility index (Phi) is 6.58. The SMILES string of the molecule is CCCOc1cc(C)c(C(C)C)cc1S(=O)(=O)Oc1ccc(Cl)c(C)c1. The van der Waals surface area contributed by atoms with Crippen LogP contribution in [0.4, 0.5) is 0 Å². The summed E-state index contributed by atoms with van der Waals surface area (Å²) in [5.41, 5.74) is 2.68. The van der Waals surface area contributed by atoms with Gasteiger partial charge in [0.15, 0.2) is 0 Å². The Bertz CT molecular complexity index is 889. The number of rotatable bonds is 7. The highest BCUT2D eigenvalue weighted by Gasteiger charge is 2.25. The Hall–Kier alpha value is -1.72. The summed E-state index contributed by atoms with van der Waals surface area (Å²) < 4.78 is 36.9. The Labute approximate surface area is 161 Å². The molecule has 0 N–H and O–H groups in total. The Morgan fingerprint density at radius 3 is 2.35 bits per heavy atom. The van der Waals surface area contributed by atoms with Crippen LogP contribution in [0.25, 0.3) is 0 Å². The number of hydrogen-bond acceptors (Lipinski definition) is 4. The molecular formula is C20H25ClO4S. The second kappa shape index (κ2) is 8.31. The van der Waals surface area contributed by atoms with Crippen molar-refractivity contribution in [3.05, 3.63) is 52.0 Å². The molecule has 6 heteroatoms. The summed E-state index contributed by atoms with van der Waals surface area (Å²) >= 11 is 6.00. The largest absolute Gasteiger partial charge is 0.492 e. The summed E-state index contributed by atoms with van der Waals surface area (Å²) in [4.78, 5) is 0.0489. The van der Waals surface area contributed by atoms with Crippen molar-refractivity contribution < 1.29 is 17.3 Å². The van der Waals surface area contributed by atoms with Gasteiger partial charge in [0.05, 0.1) is 6.61 Å². The molecule has 0 saturated carbocycles. The summed E-state index contributed by atoms with van der Waals surface area (Å²) in [6.07, 6.45) is 0.779. The van der Waals surface area contributed by atoms with Gasteiger partial charge in [0.25, 0.3) is 0 Å². The van der Waals surface area contributed by atoms with Crippen LogP contribution in [0, 0.1) is 13.8 Å². The van der Waals surface area contributed by atoms with E-state index in [2.05, 4.69) is 0 Å². The molecule has 4 nitrogen and oxygen atoms in total. The molecule has 0 bridgehead atoms. The maximum absolute atomic E-state index is 12.9. The van der Waals surface area contributed by atoms with Crippen molar-refractivity contribution in [3.8, 4) is 11.5 Å². The van der Waals surface area contributed by atoms with Crippen LogP contribution in [-0.4, -0.2) is 15.0 Å². The lowest BCUT2D eigenvalue weighted by molar-refractivity contribution is 0.307. The molecule has 0 atom stereocenters. The third-order valence-corrected chi connectivity index (χ3v) is 5.71. The van der Waals surface area contributed by atoms with Crippen molar-refractivity contribution in [1.82, 2.24) is 0 Å². The van der Waals surface area contributed by atoms with E-state index in [1.165, 1.54) is 6.07 Å². The first-order valence-electron chi connectivity index (χ1n) is 8.63. The van der Waals surface area contributed by atoms with Gasteiger partial charge in [-0.1, -0.05) is 32.4 Å². The molecule has 2 rings (SSSR count). The van der Waals surface area contributed by atoms with Crippen LogP contribution in [-0.2, 0) is 10.1 Å². The number of ether oxygens (including phenoxy) is 1. The van der Waals surface area contributed by atoms with E-state index >= 15 is 0 Å². The lowest BCUT2D eigenvalue weighted by atomic mass is 9.98. The van der Waals surface area contributed by atoms with Crippen molar-refractivity contribution in [2.24, 2.45) is 0 Å². The van der Waals surface area contributed by atoms with Gasteiger partial charge in [0, 0.05) is 5.02 Å². The minimum atomic E-state index is -4.04. The molecule has 0 aliphatic rings. The Balaban J connectivity index is 2.51. The monoisotopic (exact) mass is 396 g/mol. The quantitative estimate of drug-likeness (QED) is 0.568. The minimum Gasteiger partial charge on any atom is -0.492 e. The van der Waals surface area contributed by atoms with Crippen LogP contribution in [0.3, 0.4) is 0 Å². The lowest BCUT2D eigenvalue weighted by Crippen LogP contribution is -2.13. The third-order valence-electron chi connectivity index (χ3n) is 4.02. The molecule has 26 heavy (non-hydrogen) atoms. The fourth-order valence-corrected chi connectivity index (χ4v) is 3.86. The molecule has 0 aromatic heterocycles. The summed E-state index contributed by atoms with van der Waals surface area (Å²) in [7, 11) is -4.04. The Morgan fingerprint density at radius 2 is 1.77 bits per heavy atom. The normalized spacial score (nSPS) is 11.7. The molecular weight excluding hydrogens is 372 g/mol. The highest BCUT2D eigenvalue weighted by atomic mass is 35.5. The van der Waals surface area contributed by atoms with Crippen LogP contribution in [0.15, 0.2) is 35.2 Å². The number of benzene rings is 2. The molecule has 0 aliphatic carbocycles. The van der Waals surface area contributed by atoms with E-state index in [4.69, 9.17) is 20.5 Å². The number of halogens is 1. The zero-order valence-corrected chi connectivity index (χ0v) is 17.4. The number of hydrogen-bond donors (Lipinski definition) is 0.